The monoisotopic (exact) mass is 203 g/mol. The lowest BCUT2D eigenvalue weighted by atomic mass is 10.2. The van der Waals surface area contributed by atoms with Crippen molar-refractivity contribution in [1.82, 2.24) is 9.97 Å². The van der Waals surface area contributed by atoms with Crippen LogP contribution in [-0.4, -0.2) is 16.5 Å². The first-order valence-electron chi connectivity index (χ1n) is 4.92. The highest BCUT2D eigenvalue weighted by molar-refractivity contribution is 5.63. The fourth-order valence-electron chi connectivity index (χ4n) is 1.46. The normalized spacial score (nSPS) is 10.3. The Kier molecular flexibility index (Phi) is 2.67. The number of nitrogens with one attached hydrogen (secondary N) is 1. The summed E-state index contributed by atoms with van der Waals surface area (Å²) in [6, 6.07) is 3.74. The maximum absolute atomic E-state index is 5.32. The van der Waals surface area contributed by atoms with E-state index in [1.54, 1.807) is 12.6 Å². The summed E-state index contributed by atoms with van der Waals surface area (Å²) in [5, 5.41) is 3.19. The Bertz CT molecular complexity index is 437. The van der Waals surface area contributed by atoms with Crippen molar-refractivity contribution in [2.75, 3.05) is 11.9 Å². The first-order valence-corrected chi connectivity index (χ1v) is 4.92. The number of aromatic nitrogens is 2. The van der Waals surface area contributed by atoms with Crippen molar-refractivity contribution in [3.63, 3.8) is 0 Å². The van der Waals surface area contributed by atoms with Crippen molar-refractivity contribution < 1.29 is 4.42 Å². The fraction of sp³-hybridized carbons (Fsp3) is 0.273. The smallest absolute Gasteiger partial charge is 0.152 e. The summed E-state index contributed by atoms with van der Waals surface area (Å²) in [5.41, 5.74) is 1.85. The lowest BCUT2D eigenvalue weighted by Crippen LogP contribution is -2.03. The molecular weight excluding hydrogens is 190 g/mol. The maximum Gasteiger partial charge on any atom is 0.152 e. The molecule has 0 fully saturated rings. The second-order valence-corrected chi connectivity index (χ2v) is 3.20. The third kappa shape index (κ3) is 1.83. The SMILES string of the molecule is CCNc1ncnc(-c2ccco2)c1C. The van der Waals surface area contributed by atoms with E-state index in [0.29, 0.717) is 0 Å². The molecule has 2 aromatic heterocycles. The van der Waals surface area contributed by atoms with E-state index in [9.17, 15) is 0 Å². The van der Waals surface area contributed by atoms with Crippen molar-refractivity contribution in [2.24, 2.45) is 0 Å². The molecule has 15 heavy (non-hydrogen) atoms. The Balaban J connectivity index is 2.45. The number of anilines is 1. The number of nitrogens with zero attached hydrogens (tertiary/aromatic N) is 2. The van der Waals surface area contributed by atoms with E-state index in [1.807, 2.05) is 26.0 Å². The Morgan fingerprint density at radius 3 is 2.93 bits per heavy atom. The van der Waals surface area contributed by atoms with Gasteiger partial charge in [-0.25, -0.2) is 9.97 Å². The van der Waals surface area contributed by atoms with E-state index in [4.69, 9.17) is 4.42 Å². The van der Waals surface area contributed by atoms with Crippen LogP contribution in [0.1, 0.15) is 12.5 Å². The average molecular weight is 203 g/mol. The zero-order valence-electron chi connectivity index (χ0n) is 8.82. The van der Waals surface area contributed by atoms with Crippen LogP contribution in [0.25, 0.3) is 11.5 Å². The number of rotatable bonds is 3. The molecule has 0 amide bonds. The highest BCUT2D eigenvalue weighted by Crippen LogP contribution is 2.24. The van der Waals surface area contributed by atoms with Crippen molar-refractivity contribution in [3.8, 4) is 11.5 Å². The van der Waals surface area contributed by atoms with Crippen LogP contribution in [0, 0.1) is 6.92 Å². The Hall–Kier alpha value is -1.84. The third-order valence-corrected chi connectivity index (χ3v) is 2.18. The van der Waals surface area contributed by atoms with Gasteiger partial charge in [0, 0.05) is 12.1 Å². The van der Waals surface area contributed by atoms with E-state index in [-0.39, 0.29) is 0 Å². The maximum atomic E-state index is 5.32. The van der Waals surface area contributed by atoms with Crippen molar-refractivity contribution >= 4 is 5.82 Å². The van der Waals surface area contributed by atoms with Gasteiger partial charge < -0.3 is 9.73 Å². The van der Waals surface area contributed by atoms with Gasteiger partial charge in [0.05, 0.1) is 6.26 Å². The van der Waals surface area contributed by atoms with Gasteiger partial charge in [-0.15, -0.1) is 0 Å². The van der Waals surface area contributed by atoms with E-state index >= 15 is 0 Å². The molecule has 0 aliphatic rings. The fourth-order valence-corrected chi connectivity index (χ4v) is 1.46. The molecule has 0 unspecified atom stereocenters. The number of hydrogen-bond acceptors (Lipinski definition) is 4. The minimum atomic E-state index is 0.772. The molecule has 0 atom stereocenters. The van der Waals surface area contributed by atoms with Crippen molar-refractivity contribution in [3.05, 3.63) is 30.3 Å². The summed E-state index contributed by atoms with van der Waals surface area (Å²) < 4.78 is 5.32. The highest BCUT2D eigenvalue weighted by atomic mass is 16.3. The molecule has 78 valence electrons. The topological polar surface area (TPSA) is 51.0 Å². The number of hydrogen-bond donors (Lipinski definition) is 1. The first-order chi connectivity index (χ1) is 7.33. The number of furan rings is 1. The van der Waals surface area contributed by atoms with Crippen LogP contribution in [0.4, 0.5) is 5.82 Å². The van der Waals surface area contributed by atoms with Crippen LogP contribution in [0.15, 0.2) is 29.1 Å². The van der Waals surface area contributed by atoms with Crippen LogP contribution < -0.4 is 5.32 Å². The van der Waals surface area contributed by atoms with Gasteiger partial charge in [-0.2, -0.15) is 0 Å². The van der Waals surface area contributed by atoms with Gasteiger partial charge in [-0.1, -0.05) is 0 Å². The Labute approximate surface area is 88.4 Å². The molecule has 2 aromatic rings. The predicted octanol–water partition coefficient (Wildman–Crippen LogP) is 2.48. The Morgan fingerprint density at radius 1 is 1.40 bits per heavy atom. The molecule has 0 saturated carbocycles. The molecule has 4 heteroatoms. The average Bonchev–Trinajstić information content (AvgIpc) is 2.74. The highest BCUT2D eigenvalue weighted by Gasteiger charge is 2.09. The van der Waals surface area contributed by atoms with Gasteiger partial charge in [0.25, 0.3) is 0 Å². The predicted molar refractivity (Wildman–Crippen MR) is 58.6 cm³/mol. The van der Waals surface area contributed by atoms with Crippen LogP contribution >= 0.6 is 0 Å². The van der Waals surface area contributed by atoms with Gasteiger partial charge in [0.2, 0.25) is 0 Å². The summed E-state index contributed by atoms with van der Waals surface area (Å²) in [4.78, 5) is 8.39. The summed E-state index contributed by atoms with van der Waals surface area (Å²) in [7, 11) is 0. The molecule has 0 aliphatic heterocycles. The molecule has 2 heterocycles. The van der Waals surface area contributed by atoms with Crippen LogP contribution in [-0.2, 0) is 0 Å². The van der Waals surface area contributed by atoms with Crippen molar-refractivity contribution in [1.29, 1.82) is 0 Å². The molecule has 0 radical (unpaired) electrons. The Morgan fingerprint density at radius 2 is 2.27 bits per heavy atom. The van der Waals surface area contributed by atoms with Crippen LogP contribution in [0.3, 0.4) is 0 Å². The van der Waals surface area contributed by atoms with E-state index < -0.39 is 0 Å². The minimum absolute atomic E-state index is 0.772. The second-order valence-electron chi connectivity index (χ2n) is 3.20. The summed E-state index contributed by atoms with van der Waals surface area (Å²) in [6.07, 6.45) is 3.19. The molecule has 0 aromatic carbocycles. The molecule has 1 N–H and O–H groups in total. The first kappa shape index (κ1) is 9.71. The second kappa shape index (κ2) is 4.13. The van der Waals surface area contributed by atoms with Gasteiger partial charge in [-0.05, 0) is 26.0 Å². The molecule has 4 nitrogen and oxygen atoms in total. The zero-order chi connectivity index (χ0) is 10.7. The van der Waals surface area contributed by atoms with Crippen LogP contribution in [0.5, 0.6) is 0 Å². The molecule has 2 rings (SSSR count). The van der Waals surface area contributed by atoms with Crippen molar-refractivity contribution in [2.45, 2.75) is 13.8 Å². The quantitative estimate of drug-likeness (QED) is 0.832. The largest absolute Gasteiger partial charge is 0.463 e. The standard InChI is InChI=1S/C11H13N3O/c1-3-12-11-8(2)10(13-7-14-11)9-5-4-6-15-9/h4-7H,3H2,1-2H3,(H,12,13,14). The lowest BCUT2D eigenvalue weighted by molar-refractivity contribution is 0.579. The zero-order valence-corrected chi connectivity index (χ0v) is 8.82. The minimum Gasteiger partial charge on any atom is -0.463 e. The van der Waals surface area contributed by atoms with Crippen LogP contribution in [0.2, 0.25) is 0 Å². The van der Waals surface area contributed by atoms with E-state index in [2.05, 4.69) is 15.3 Å². The van der Waals surface area contributed by atoms with Gasteiger partial charge in [0.15, 0.2) is 5.76 Å². The summed E-state index contributed by atoms with van der Waals surface area (Å²) in [5.74, 6) is 1.63. The molecular formula is C11H13N3O. The lowest BCUT2D eigenvalue weighted by Gasteiger charge is -2.07. The van der Waals surface area contributed by atoms with Gasteiger partial charge in [0.1, 0.15) is 17.8 Å². The third-order valence-electron chi connectivity index (χ3n) is 2.18. The van der Waals surface area contributed by atoms with Gasteiger partial charge in [-0.3, -0.25) is 0 Å². The molecule has 0 bridgehead atoms. The van der Waals surface area contributed by atoms with E-state index in [1.165, 1.54) is 0 Å². The van der Waals surface area contributed by atoms with Gasteiger partial charge >= 0.3 is 0 Å². The summed E-state index contributed by atoms with van der Waals surface area (Å²) >= 11 is 0. The molecule has 0 aliphatic carbocycles. The molecule has 0 spiro atoms. The van der Waals surface area contributed by atoms with E-state index in [0.717, 1.165) is 29.4 Å². The summed E-state index contributed by atoms with van der Waals surface area (Å²) in [6.45, 7) is 4.86. The molecule has 0 saturated heterocycles.